The summed E-state index contributed by atoms with van der Waals surface area (Å²) >= 11 is 0. The van der Waals surface area contributed by atoms with Crippen LogP contribution in [0.5, 0.6) is 5.75 Å². The molecule has 9 rings (SSSR count). The van der Waals surface area contributed by atoms with Crippen LogP contribution < -0.4 is 4.65 Å². The van der Waals surface area contributed by atoms with E-state index in [1.165, 1.54) is 27.5 Å². The molecule has 0 radical (unpaired) electrons. The van der Waals surface area contributed by atoms with Crippen LogP contribution in [0, 0.1) is 0 Å². The summed E-state index contributed by atoms with van der Waals surface area (Å²) in [7, 11) is -8.85. The van der Waals surface area contributed by atoms with Crippen molar-refractivity contribution < 1.29 is 56.7 Å². The lowest BCUT2D eigenvalue weighted by atomic mass is 9.86. The molecule has 0 amide bonds. The molecule has 0 aliphatic carbocycles. The van der Waals surface area contributed by atoms with Crippen molar-refractivity contribution >= 4 is 94.7 Å². The zero-order valence-corrected chi connectivity index (χ0v) is 33.3. The van der Waals surface area contributed by atoms with Gasteiger partial charge in [0.2, 0.25) is 0 Å². The Morgan fingerprint density at radius 3 is 1.25 bits per heavy atom. The Bertz CT molecular complexity index is 2940. The van der Waals surface area contributed by atoms with Gasteiger partial charge in [0.05, 0.1) is 11.0 Å². The molecule has 0 bridgehead atoms. The van der Waals surface area contributed by atoms with Crippen molar-refractivity contribution in [2.75, 3.05) is 7.11 Å². The summed E-state index contributed by atoms with van der Waals surface area (Å²) < 4.78 is 59.4. The van der Waals surface area contributed by atoms with Gasteiger partial charge in [-0.1, -0.05) is 97.1 Å². The van der Waals surface area contributed by atoms with Gasteiger partial charge in [0.1, 0.15) is 5.75 Å². The molecule has 7 aromatic carbocycles. The van der Waals surface area contributed by atoms with Gasteiger partial charge in [-0.15, -0.1) is 0 Å². The molecule has 18 heteroatoms. The van der Waals surface area contributed by atoms with Gasteiger partial charge in [-0.2, -0.15) is 0 Å². The Balaban J connectivity index is 0.000000423. The van der Waals surface area contributed by atoms with Crippen LogP contribution in [0.1, 0.15) is 13.8 Å². The Hall–Kier alpha value is -5.84. The van der Waals surface area contributed by atoms with Crippen molar-refractivity contribution in [3.05, 3.63) is 127 Å². The Morgan fingerprint density at radius 1 is 0.459 bits per heavy atom. The van der Waals surface area contributed by atoms with Crippen LogP contribution in [0.4, 0.5) is 17.3 Å². The summed E-state index contributed by atoms with van der Waals surface area (Å²) in [6.07, 6.45) is 0. The molecule has 0 spiro atoms. The van der Waals surface area contributed by atoms with Gasteiger partial charge >= 0.3 is 29.6 Å². The van der Waals surface area contributed by atoms with E-state index in [2.05, 4.69) is 137 Å². The third kappa shape index (κ3) is 9.26. The summed E-state index contributed by atoms with van der Waals surface area (Å²) in [5, 5.41) is 54.2. The van der Waals surface area contributed by atoms with Crippen LogP contribution in [0.25, 0.3) is 87.4 Å². The predicted octanol–water partition coefficient (Wildman–Crippen LogP) is 8.34. The standard InChI is InChI=1S/C42H32BFN2O2.CH4BFO2.2BFH2O2/c1-3-45-37-21-11-9-16-28(37)35-24-33(26-14-5-7-18-31(26)41(35)45)30-20-13-23-39(48-43(44)47)40(30)34-25-36-29-17-10-12-22-38(29)46(4-2)42(36)32-19-8-6-15-27(32)34;1-5-2(3)4;2*2-1(3)4/h5-25,47H,3-4H2,1-2H3;4H,1H3;2*3-4H. The largest absolute Gasteiger partial charge is 0.751 e. The minimum Gasteiger partial charge on any atom is -0.508 e. The summed E-state index contributed by atoms with van der Waals surface area (Å²) in [6, 6.07) is 44.2. The quantitative estimate of drug-likeness (QED) is 0.0694. The molecular formula is C43H40B4F4N2O8. The average Bonchev–Trinajstić information content (AvgIpc) is 3.75. The number of fused-ring (bicyclic) bond motifs is 10. The fraction of sp³-hybridized carbons (Fsp3) is 0.116. The highest BCUT2D eigenvalue weighted by Gasteiger charge is 2.25. The van der Waals surface area contributed by atoms with E-state index in [9.17, 15) is 22.3 Å². The molecule has 0 saturated heterocycles. The number of hydrogen-bond acceptors (Lipinski definition) is 8. The van der Waals surface area contributed by atoms with Gasteiger partial charge in [0, 0.05) is 69.1 Å². The van der Waals surface area contributed by atoms with Crippen molar-refractivity contribution in [1.82, 2.24) is 9.13 Å². The second-order valence-electron chi connectivity index (χ2n) is 13.5. The van der Waals surface area contributed by atoms with Crippen LogP contribution in [-0.4, -0.2) is 76.0 Å². The van der Waals surface area contributed by atoms with Crippen molar-refractivity contribution in [3.8, 4) is 28.0 Å². The molecule has 0 unspecified atom stereocenters. The van der Waals surface area contributed by atoms with E-state index in [-0.39, 0.29) is 5.75 Å². The SMILES string of the molecule is CCn1c2ccccc2c2cc(-c3cccc(OB(O)F)c3-c3cc4c5ccccc5n(CC)c4c4ccccc34)c3ccccc3c21.COB(O)F.OB(O)F.OB(O)F. The van der Waals surface area contributed by atoms with E-state index in [0.717, 1.165) is 80.2 Å². The summed E-state index contributed by atoms with van der Waals surface area (Å²) in [5.41, 5.74) is 8.32. The Kier molecular flexibility index (Phi) is 14.4. The van der Waals surface area contributed by atoms with Crippen LogP contribution in [0.3, 0.4) is 0 Å². The summed E-state index contributed by atoms with van der Waals surface area (Å²) in [4.78, 5) is 0. The van der Waals surface area contributed by atoms with Gasteiger partial charge in [0.25, 0.3) is 0 Å². The number of para-hydroxylation sites is 2. The molecular weight excluding hydrogens is 792 g/mol. The molecule has 0 saturated carbocycles. The highest BCUT2D eigenvalue weighted by Crippen LogP contribution is 2.49. The topological polar surface area (TPSA) is 150 Å². The molecule has 310 valence electrons. The van der Waals surface area contributed by atoms with E-state index in [1.54, 1.807) is 6.07 Å². The monoisotopic (exact) mass is 832 g/mol. The number of nitrogens with zero attached hydrogens (tertiary/aromatic N) is 2. The Labute approximate surface area is 349 Å². The Morgan fingerprint density at radius 2 is 0.836 bits per heavy atom. The van der Waals surface area contributed by atoms with Crippen molar-refractivity contribution in [3.63, 3.8) is 0 Å². The van der Waals surface area contributed by atoms with Gasteiger partial charge in [-0.05, 0) is 71.6 Å². The second kappa shape index (κ2) is 19.7. The van der Waals surface area contributed by atoms with Crippen LogP contribution in [0.15, 0.2) is 127 Å². The van der Waals surface area contributed by atoms with Crippen LogP contribution in [-0.2, 0) is 17.7 Å². The van der Waals surface area contributed by atoms with Gasteiger partial charge in [0.15, 0.2) is 0 Å². The van der Waals surface area contributed by atoms with E-state index in [1.807, 2.05) is 12.1 Å². The van der Waals surface area contributed by atoms with Crippen molar-refractivity contribution in [1.29, 1.82) is 0 Å². The lowest BCUT2D eigenvalue weighted by Gasteiger charge is -2.20. The number of aromatic nitrogens is 2. The highest BCUT2D eigenvalue weighted by atomic mass is 19.1. The molecule has 2 heterocycles. The van der Waals surface area contributed by atoms with E-state index in [4.69, 9.17) is 29.8 Å². The minimum absolute atomic E-state index is 0.284. The molecule has 0 fully saturated rings. The maximum atomic E-state index is 14.4. The molecule has 61 heavy (non-hydrogen) atoms. The first kappa shape index (κ1) is 44.7. The molecule has 0 aliphatic rings. The lowest BCUT2D eigenvalue weighted by Crippen LogP contribution is -2.15. The number of rotatable bonds is 7. The molecule has 0 atom stereocenters. The molecule has 10 nitrogen and oxygen atoms in total. The lowest BCUT2D eigenvalue weighted by molar-refractivity contribution is 0.276. The first-order valence-electron chi connectivity index (χ1n) is 19.2. The fourth-order valence-electron chi connectivity index (χ4n) is 8.15. The summed E-state index contributed by atoms with van der Waals surface area (Å²) in [5.74, 6) is 0.284. The second-order valence-corrected chi connectivity index (χ2v) is 13.5. The van der Waals surface area contributed by atoms with Gasteiger partial charge in [-0.3, -0.25) is 12.9 Å². The van der Waals surface area contributed by atoms with Crippen molar-refractivity contribution in [2.45, 2.75) is 26.9 Å². The predicted molar refractivity (Wildman–Crippen MR) is 238 cm³/mol. The first-order valence-corrected chi connectivity index (χ1v) is 19.2. The van der Waals surface area contributed by atoms with Gasteiger partial charge in [-0.25, -0.2) is 4.32 Å². The normalized spacial score (nSPS) is 10.9. The third-order valence-electron chi connectivity index (χ3n) is 10.2. The maximum Gasteiger partial charge on any atom is 0.751 e. The number of hydrogen-bond donors (Lipinski definition) is 6. The molecule has 6 N–H and O–H groups in total. The first-order chi connectivity index (χ1) is 29.3. The third-order valence-corrected chi connectivity index (χ3v) is 10.2. The summed E-state index contributed by atoms with van der Waals surface area (Å²) in [6.45, 7) is 6.03. The highest BCUT2D eigenvalue weighted by molar-refractivity contribution is 6.35. The number of halogens is 4. The fourth-order valence-corrected chi connectivity index (χ4v) is 8.15. The zero-order chi connectivity index (χ0) is 44.0. The number of aryl methyl sites for hydroxylation is 2. The smallest absolute Gasteiger partial charge is 0.508 e. The maximum absolute atomic E-state index is 14.4. The van der Waals surface area contributed by atoms with Gasteiger partial charge < -0.3 is 48.6 Å². The minimum atomic E-state index is -2.67. The number of benzene rings is 7. The average molecular weight is 832 g/mol. The molecule has 2 aromatic heterocycles. The van der Waals surface area contributed by atoms with Crippen molar-refractivity contribution in [2.24, 2.45) is 0 Å². The van der Waals surface area contributed by atoms with E-state index >= 15 is 0 Å². The van der Waals surface area contributed by atoms with Crippen LogP contribution >= 0.6 is 0 Å². The van der Waals surface area contributed by atoms with Crippen LogP contribution in [0.2, 0.25) is 0 Å². The zero-order valence-electron chi connectivity index (χ0n) is 33.3. The van der Waals surface area contributed by atoms with E-state index in [0.29, 0.717) is 0 Å². The molecule has 9 aromatic rings. The van der Waals surface area contributed by atoms with E-state index < -0.39 is 29.6 Å². The molecule has 0 aliphatic heterocycles.